The summed E-state index contributed by atoms with van der Waals surface area (Å²) >= 11 is 0. The number of nitro benzene ring substituents is 1. The van der Waals surface area contributed by atoms with E-state index in [9.17, 15) is 24.8 Å². The van der Waals surface area contributed by atoms with Crippen LogP contribution in [0.2, 0.25) is 0 Å². The number of amides is 1. The van der Waals surface area contributed by atoms with Crippen LogP contribution in [0.5, 0.6) is 5.75 Å². The lowest BCUT2D eigenvalue weighted by molar-refractivity contribution is -0.384. The Balaban J connectivity index is 2.63. The topological polar surface area (TPSA) is 119 Å². The largest absolute Gasteiger partial charge is 0.506 e. The number of nitro groups is 1. The number of nitrogens with zero attached hydrogens (tertiary/aromatic N) is 1. The van der Waals surface area contributed by atoms with Crippen molar-refractivity contribution >= 4 is 23.3 Å². The van der Waals surface area contributed by atoms with Crippen LogP contribution in [0.1, 0.15) is 19.8 Å². The first-order valence-corrected chi connectivity index (χ1v) is 5.87. The van der Waals surface area contributed by atoms with E-state index in [1.165, 1.54) is 0 Å². The van der Waals surface area contributed by atoms with E-state index in [1.54, 1.807) is 6.92 Å². The van der Waals surface area contributed by atoms with E-state index >= 15 is 0 Å². The fraction of sp³-hybridized carbons (Fsp3) is 0.333. The molecule has 2 N–H and O–H groups in total. The van der Waals surface area contributed by atoms with Gasteiger partial charge in [-0.3, -0.25) is 19.7 Å². The number of hydrogen-bond donors (Lipinski definition) is 2. The van der Waals surface area contributed by atoms with Crippen molar-refractivity contribution in [2.45, 2.75) is 19.8 Å². The lowest BCUT2D eigenvalue weighted by Gasteiger charge is -2.07. The summed E-state index contributed by atoms with van der Waals surface area (Å²) in [5.74, 6) is -1.35. The highest BCUT2D eigenvalue weighted by Crippen LogP contribution is 2.27. The van der Waals surface area contributed by atoms with Crippen molar-refractivity contribution in [2.75, 3.05) is 11.9 Å². The quantitative estimate of drug-likeness (QED) is 0.354. The number of aromatic hydroxyl groups is 1. The van der Waals surface area contributed by atoms with Gasteiger partial charge < -0.3 is 15.2 Å². The summed E-state index contributed by atoms with van der Waals surface area (Å²) in [4.78, 5) is 32.6. The summed E-state index contributed by atoms with van der Waals surface area (Å²) in [5.41, 5.74) is -0.337. The van der Waals surface area contributed by atoms with Crippen LogP contribution in [-0.4, -0.2) is 28.5 Å². The number of non-ortho nitro benzene ring substituents is 1. The zero-order chi connectivity index (χ0) is 15.1. The molecule has 20 heavy (non-hydrogen) atoms. The number of phenols is 1. The smallest absolute Gasteiger partial charge is 0.306 e. The van der Waals surface area contributed by atoms with Crippen molar-refractivity contribution in [3.63, 3.8) is 0 Å². The second-order valence-electron chi connectivity index (χ2n) is 3.81. The van der Waals surface area contributed by atoms with Gasteiger partial charge in [0.1, 0.15) is 5.75 Å². The van der Waals surface area contributed by atoms with Crippen LogP contribution in [0.25, 0.3) is 0 Å². The summed E-state index contributed by atoms with van der Waals surface area (Å²) < 4.78 is 4.66. The third kappa shape index (κ3) is 4.56. The van der Waals surface area contributed by atoms with E-state index in [0.29, 0.717) is 0 Å². The summed E-state index contributed by atoms with van der Waals surface area (Å²) in [5, 5.41) is 22.4. The van der Waals surface area contributed by atoms with E-state index in [4.69, 9.17) is 0 Å². The summed E-state index contributed by atoms with van der Waals surface area (Å²) in [6.07, 6.45) is -0.240. The molecule has 0 saturated heterocycles. The van der Waals surface area contributed by atoms with Crippen LogP contribution >= 0.6 is 0 Å². The van der Waals surface area contributed by atoms with Gasteiger partial charge in [0, 0.05) is 18.6 Å². The van der Waals surface area contributed by atoms with E-state index in [1.807, 2.05) is 0 Å². The van der Waals surface area contributed by atoms with Gasteiger partial charge in [-0.25, -0.2) is 0 Å². The lowest BCUT2D eigenvalue weighted by Crippen LogP contribution is -2.14. The second kappa shape index (κ2) is 7.07. The average Bonchev–Trinajstić information content (AvgIpc) is 2.39. The van der Waals surface area contributed by atoms with Gasteiger partial charge in [0.15, 0.2) is 0 Å². The Morgan fingerprint density at radius 3 is 2.70 bits per heavy atom. The fourth-order valence-corrected chi connectivity index (χ4v) is 1.40. The molecule has 1 aromatic carbocycles. The van der Waals surface area contributed by atoms with Crippen LogP contribution in [0.4, 0.5) is 11.4 Å². The molecule has 0 radical (unpaired) electrons. The molecule has 108 valence electrons. The number of carbonyl (C=O) groups excluding carboxylic acids is 2. The molecule has 1 rings (SSSR count). The monoisotopic (exact) mass is 282 g/mol. The van der Waals surface area contributed by atoms with E-state index in [2.05, 4.69) is 10.1 Å². The van der Waals surface area contributed by atoms with Gasteiger partial charge >= 0.3 is 5.97 Å². The Morgan fingerprint density at radius 2 is 2.10 bits per heavy atom. The molecule has 0 heterocycles. The number of ether oxygens (including phenoxy) is 1. The maximum Gasteiger partial charge on any atom is 0.306 e. The number of hydrogen-bond acceptors (Lipinski definition) is 6. The van der Waals surface area contributed by atoms with Crippen LogP contribution in [0.3, 0.4) is 0 Å². The first-order chi connectivity index (χ1) is 9.43. The molecule has 1 amide bonds. The van der Waals surface area contributed by atoms with Crippen LogP contribution in [0.15, 0.2) is 18.2 Å². The summed E-state index contributed by atoms with van der Waals surface area (Å²) in [6, 6.07) is 3.26. The average molecular weight is 282 g/mol. The van der Waals surface area contributed by atoms with Crippen molar-refractivity contribution < 1.29 is 24.4 Å². The number of phenolic OH excluding ortho intramolecular Hbond substituents is 1. The van der Waals surface area contributed by atoms with Crippen LogP contribution < -0.4 is 5.32 Å². The SMILES string of the molecule is CCOC(=O)CCC(=O)Nc1cc([N+](=O)[O-])ccc1O. The zero-order valence-corrected chi connectivity index (χ0v) is 10.8. The molecule has 0 atom stereocenters. The minimum absolute atomic E-state index is 0.0759. The Hall–Kier alpha value is -2.64. The highest BCUT2D eigenvalue weighted by atomic mass is 16.6. The molecule has 0 aliphatic rings. The molecule has 0 aliphatic carbocycles. The first kappa shape index (κ1) is 15.4. The van der Waals surface area contributed by atoms with Crippen molar-refractivity contribution in [3.8, 4) is 5.75 Å². The Kier molecular flexibility index (Phi) is 5.45. The van der Waals surface area contributed by atoms with Gasteiger partial charge in [-0.2, -0.15) is 0 Å². The minimum atomic E-state index is -0.645. The molecule has 0 aromatic heterocycles. The molecule has 0 unspecified atom stereocenters. The number of esters is 1. The maximum absolute atomic E-state index is 11.6. The molecule has 0 fully saturated rings. The predicted molar refractivity (Wildman–Crippen MR) is 69.3 cm³/mol. The molecule has 0 spiro atoms. The molecule has 0 aliphatic heterocycles. The van der Waals surface area contributed by atoms with Gasteiger partial charge in [-0.15, -0.1) is 0 Å². The maximum atomic E-state index is 11.6. The van der Waals surface area contributed by atoms with Crippen molar-refractivity contribution in [1.29, 1.82) is 0 Å². The Morgan fingerprint density at radius 1 is 1.40 bits per heavy atom. The van der Waals surface area contributed by atoms with Gasteiger partial charge in [-0.1, -0.05) is 0 Å². The minimum Gasteiger partial charge on any atom is -0.506 e. The van der Waals surface area contributed by atoms with Crippen molar-refractivity contribution in [3.05, 3.63) is 28.3 Å². The molecule has 0 bridgehead atoms. The Labute approximate surface area is 114 Å². The number of carbonyl (C=O) groups is 2. The molecule has 0 saturated carbocycles. The highest BCUT2D eigenvalue weighted by Gasteiger charge is 2.13. The van der Waals surface area contributed by atoms with Crippen molar-refractivity contribution in [2.24, 2.45) is 0 Å². The summed E-state index contributed by atoms with van der Waals surface area (Å²) in [7, 11) is 0. The Bertz CT molecular complexity index is 529. The van der Waals surface area contributed by atoms with Crippen molar-refractivity contribution in [1.82, 2.24) is 0 Å². The third-order valence-corrected chi connectivity index (χ3v) is 2.33. The standard InChI is InChI=1S/C12H14N2O6/c1-2-20-12(17)6-5-11(16)13-9-7-8(14(18)19)3-4-10(9)15/h3-4,7,15H,2,5-6H2,1H3,(H,13,16). The van der Waals surface area contributed by atoms with E-state index in [-0.39, 0.29) is 36.6 Å². The van der Waals surface area contributed by atoms with E-state index in [0.717, 1.165) is 18.2 Å². The lowest BCUT2D eigenvalue weighted by atomic mass is 10.2. The molecule has 1 aromatic rings. The normalized spacial score (nSPS) is 9.85. The predicted octanol–water partition coefficient (Wildman–Crippen LogP) is 1.58. The first-order valence-electron chi connectivity index (χ1n) is 5.87. The van der Waals surface area contributed by atoms with Crippen LogP contribution in [-0.2, 0) is 14.3 Å². The second-order valence-corrected chi connectivity index (χ2v) is 3.81. The number of anilines is 1. The number of rotatable bonds is 6. The van der Waals surface area contributed by atoms with Crippen LogP contribution in [0, 0.1) is 10.1 Å². The molecular weight excluding hydrogens is 268 g/mol. The van der Waals surface area contributed by atoms with Gasteiger partial charge in [-0.05, 0) is 13.0 Å². The number of nitrogens with one attached hydrogen (secondary N) is 1. The fourth-order valence-electron chi connectivity index (χ4n) is 1.40. The molecule has 8 nitrogen and oxygen atoms in total. The van der Waals surface area contributed by atoms with Gasteiger partial charge in [0.2, 0.25) is 5.91 Å². The molecule has 8 heteroatoms. The third-order valence-electron chi connectivity index (χ3n) is 2.33. The molecular formula is C12H14N2O6. The summed E-state index contributed by atoms with van der Waals surface area (Å²) in [6.45, 7) is 1.88. The zero-order valence-electron chi connectivity index (χ0n) is 10.8. The van der Waals surface area contributed by atoms with Gasteiger partial charge in [0.05, 0.1) is 23.6 Å². The number of benzene rings is 1. The van der Waals surface area contributed by atoms with E-state index < -0.39 is 16.8 Å². The highest BCUT2D eigenvalue weighted by molar-refractivity contribution is 5.94. The van der Waals surface area contributed by atoms with Gasteiger partial charge in [0.25, 0.3) is 5.69 Å².